The van der Waals surface area contributed by atoms with Crippen molar-refractivity contribution in [3.63, 3.8) is 0 Å². The van der Waals surface area contributed by atoms with Gasteiger partial charge in [-0.1, -0.05) is 18.2 Å². The molecule has 1 aliphatic rings. The van der Waals surface area contributed by atoms with Gasteiger partial charge in [0.15, 0.2) is 6.23 Å². The quantitative estimate of drug-likeness (QED) is 0.573. The lowest BCUT2D eigenvalue weighted by Crippen LogP contribution is -2.40. The topological polar surface area (TPSA) is 153 Å². The molecule has 1 aromatic carbocycles. The van der Waals surface area contributed by atoms with E-state index in [1.54, 1.807) is 30.3 Å². The number of aliphatic hydroxyl groups is 2. The minimum absolute atomic E-state index is 0. The Kier molecular flexibility index (Phi) is 6.03. The molecule has 1 aliphatic heterocycles. The van der Waals surface area contributed by atoms with Gasteiger partial charge in [0.2, 0.25) is 0 Å². The fourth-order valence-electron chi connectivity index (χ4n) is 2.66. The monoisotopic (exact) mass is 370 g/mol. The molecule has 0 aliphatic carbocycles. The molecule has 1 fully saturated rings. The zero-order valence-electron chi connectivity index (χ0n) is 12.9. The zero-order chi connectivity index (χ0) is 17.3. The lowest BCUT2D eigenvalue weighted by Gasteiger charge is -2.21. The first-order valence-electron chi connectivity index (χ1n) is 7.24. The lowest BCUT2D eigenvalue weighted by atomic mass is 10.2. The Morgan fingerprint density at radius 1 is 1.20 bits per heavy atom. The molecule has 3 rings (SSSR count). The first kappa shape index (κ1) is 19.2. The van der Waals surface area contributed by atoms with E-state index < -0.39 is 52.3 Å². The van der Waals surface area contributed by atoms with Gasteiger partial charge >= 0.3 is 5.69 Å². The van der Waals surface area contributed by atoms with Crippen molar-refractivity contribution in [3.05, 3.63) is 63.4 Å². The standard InChI is InChI=1S/C15H16N2O6S.H2O/c18-8-10-12(20)13(24(22)9-4-2-1-3-5-9)14(23-10)17-7-6-11(19)16-15(17)21;/h1-7,10,12-14,18,20H,8H2,(H,16,19,21);1H2/t10-,12-,13-,14-,24?;/m1./s1. The van der Waals surface area contributed by atoms with E-state index >= 15 is 0 Å². The van der Waals surface area contributed by atoms with Crippen LogP contribution in [-0.2, 0) is 15.5 Å². The molecule has 136 valence electrons. The zero-order valence-corrected chi connectivity index (χ0v) is 13.8. The Labute approximate surface area is 144 Å². The van der Waals surface area contributed by atoms with E-state index in [1.807, 2.05) is 0 Å². The van der Waals surface area contributed by atoms with Crippen molar-refractivity contribution in [1.29, 1.82) is 0 Å². The van der Waals surface area contributed by atoms with Gasteiger partial charge in [-0.3, -0.25) is 18.6 Å². The van der Waals surface area contributed by atoms with Crippen LogP contribution in [-0.4, -0.2) is 53.5 Å². The lowest BCUT2D eigenvalue weighted by molar-refractivity contribution is -0.0457. The Morgan fingerprint density at radius 3 is 2.48 bits per heavy atom. The fourth-order valence-corrected chi connectivity index (χ4v) is 4.24. The van der Waals surface area contributed by atoms with E-state index in [4.69, 9.17) is 4.74 Å². The molecule has 5 atom stereocenters. The second-order valence-electron chi connectivity index (χ2n) is 5.33. The summed E-state index contributed by atoms with van der Waals surface area (Å²) in [6.45, 7) is -0.488. The van der Waals surface area contributed by atoms with Crippen molar-refractivity contribution in [2.45, 2.75) is 28.6 Å². The highest BCUT2D eigenvalue weighted by Gasteiger charge is 2.48. The minimum Gasteiger partial charge on any atom is -0.412 e. The largest absolute Gasteiger partial charge is 0.412 e. The summed E-state index contributed by atoms with van der Waals surface area (Å²) in [7, 11) is -1.69. The van der Waals surface area contributed by atoms with Gasteiger partial charge in [0, 0.05) is 17.2 Å². The van der Waals surface area contributed by atoms with Gasteiger partial charge in [0.25, 0.3) is 5.56 Å². The number of nitrogens with one attached hydrogen (secondary N) is 1. The number of hydrogen-bond acceptors (Lipinski definition) is 6. The number of aromatic amines is 1. The van der Waals surface area contributed by atoms with Crippen LogP contribution in [0, 0.1) is 0 Å². The normalized spacial score (nSPS) is 26.8. The number of benzene rings is 1. The number of aliphatic hydroxyl groups excluding tert-OH is 2. The molecule has 2 heterocycles. The summed E-state index contributed by atoms with van der Waals surface area (Å²) in [6.07, 6.45) is -2.08. The fraction of sp³-hybridized carbons (Fsp3) is 0.333. The van der Waals surface area contributed by atoms with Gasteiger partial charge in [-0.2, -0.15) is 0 Å². The third kappa shape index (κ3) is 3.62. The first-order valence-corrected chi connectivity index (χ1v) is 8.45. The van der Waals surface area contributed by atoms with Crippen LogP contribution < -0.4 is 11.2 Å². The van der Waals surface area contributed by atoms with Crippen LogP contribution >= 0.6 is 0 Å². The Hall–Kier alpha value is -2.11. The molecule has 9 nitrogen and oxygen atoms in total. The number of rotatable bonds is 4. The van der Waals surface area contributed by atoms with E-state index in [9.17, 15) is 24.0 Å². The summed E-state index contributed by atoms with van der Waals surface area (Å²) in [6, 6.07) is 9.60. The van der Waals surface area contributed by atoms with Crippen LogP contribution in [0.15, 0.2) is 57.1 Å². The summed E-state index contributed by atoms with van der Waals surface area (Å²) in [5.74, 6) is 0. The first-order chi connectivity index (χ1) is 11.5. The summed E-state index contributed by atoms with van der Waals surface area (Å²) in [4.78, 5) is 25.8. The number of ether oxygens (including phenoxy) is 1. The molecule has 0 bridgehead atoms. The third-order valence-electron chi connectivity index (χ3n) is 3.84. The Morgan fingerprint density at radius 2 is 1.88 bits per heavy atom. The minimum atomic E-state index is -1.69. The second-order valence-corrected chi connectivity index (χ2v) is 6.94. The van der Waals surface area contributed by atoms with Crippen LogP contribution in [0.25, 0.3) is 0 Å². The Balaban J connectivity index is 0.00000225. The average Bonchev–Trinajstić information content (AvgIpc) is 2.91. The summed E-state index contributed by atoms with van der Waals surface area (Å²) >= 11 is 0. The maximum absolute atomic E-state index is 12.9. The van der Waals surface area contributed by atoms with Crippen LogP contribution in [0.1, 0.15) is 6.23 Å². The molecular weight excluding hydrogens is 352 g/mol. The molecule has 1 aromatic heterocycles. The van der Waals surface area contributed by atoms with Crippen molar-refractivity contribution in [2.24, 2.45) is 0 Å². The highest BCUT2D eigenvalue weighted by molar-refractivity contribution is 7.85. The van der Waals surface area contributed by atoms with Crippen molar-refractivity contribution in [1.82, 2.24) is 9.55 Å². The van der Waals surface area contributed by atoms with Crippen molar-refractivity contribution >= 4 is 10.8 Å². The van der Waals surface area contributed by atoms with E-state index in [1.165, 1.54) is 6.20 Å². The number of aromatic nitrogens is 2. The highest BCUT2D eigenvalue weighted by atomic mass is 32.2. The molecular formula is C15H18N2O7S. The van der Waals surface area contributed by atoms with Gasteiger partial charge in [0.1, 0.15) is 17.5 Å². The van der Waals surface area contributed by atoms with Crippen molar-refractivity contribution in [3.8, 4) is 0 Å². The number of hydrogen-bond donors (Lipinski definition) is 3. The van der Waals surface area contributed by atoms with Gasteiger partial charge in [-0.15, -0.1) is 0 Å². The molecule has 0 saturated carbocycles. The second kappa shape index (κ2) is 7.85. The summed E-state index contributed by atoms with van der Waals surface area (Å²) in [5, 5.41) is 18.8. The molecule has 0 radical (unpaired) electrons. The third-order valence-corrected chi connectivity index (χ3v) is 5.58. The van der Waals surface area contributed by atoms with E-state index in [0.29, 0.717) is 4.90 Å². The summed E-state index contributed by atoms with van der Waals surface area (Å²) < 4.78 is 19.5. The number of nitrogens with zero attached hydrogens (tertiary/aromatic N) is 1. The van der Waals surface area contributed by atoms with Crippen LogP contribution in [0.3, 0.4) is 0 Å². The molecule has 10 heteroatoms. The molecule has 1 unspecified atom stereocenters. The molecule has 0 amide bonds. The number of H-pyrrole nitrogens is 1. The SMILES string of the molecule is O.O=c1ccn([C@@H]2O[C@H](CO)[C@@H](O)[C@H]2S(=O)c2ccccc2)c(=O)[nH]1. The van der Waals surface area contributed by atoms with E-state index in [2.05, 4.69) is 4.98 Å². The van der Waals surface area contributed by atoms with Crippen LogP contribution in [0.5, 0.6) is 0 Å². The maximum atomic E-state index is 12.9. The van der Waals surface area contributed by atoms with Gasteiger partial charge in [-0.25, -0.2) is 4.79 Å². The highest BCUT2D eigenvalue weighted by Crippen LogP contribution is 2.34. The predicted molar refractivity (Wildman–Crippen MR) is 88.6 cm³/mol. The van der Waals surface area contributed by atoms with Crippen molar-refractivity contribution < 1.29 is 24.6 Å². The predicted octanol–water partition coefficient (Wildman–Crippen LogP) is -1.86. The van der Waals surface area contributed by atoms with E-state index in [-0.39, 0.29) is 5.48 Å². The smallest absolute Gasteiger partial charge is 0.330 e. The van der Waals surface area contributed by atoms with Crippen molar-refractivity contribution in [2.75, 3.05) is 6.61 Å². The average molecular weight is 370 g/mol. The summed E-state index contributed by atoms with van der Waals surface area (Å²) in [5.41, 5.74) is -1.32. The van der Waals surface area contributed by atoms with Gasteiger partial charge < -0.3 is 20.4 Å². The van der Waals surface area contributed by atoms with Gasteiger partial charge in [-0.05, 0) is 12.1 Å². The van der Waals surface area contributed by atoms with E-state index in [0.717, 1.165) is 10.6 Å². The van der Waals surface area contributed by atoms with Gasteiger partial charge in [0.05, 0.1) is 17.4 Å². The molecule has 25 heavy (non-hydrogen) atoms. The molecule has 5 N–H and O–H groups in total. The molecule has 0 spiro atoms. The van der Waals surface area contributed by atoms with Crippen LogP contribution in [0.2, 0.25) is 0 Å². The maximum Gasteiger partial charge on any atom is 0.330 e. The molecule has 1 saturated heterocycles. The molecule has 2 aromatic rings. The van der Waals surface area contributed by atoms with Crippen LogP contribution in [0.4, 0.5) is 0 Å². The Bertz CT molecular complexity index is 851.